The molecule has 0 radical (unpaired) electrons. The van der Waals surface area contributed by atoms with Crippen molar-refractivity contribution in [1.29, 1.82) is 0 Å². The van der Waals surface area contributed by atoms with E-state index >= 15 is 0 Å². The van der Waals surface area contributed by atoms with Gasteiger partial charge in [-0.3, -0.25) is 4.79 Å². The van der Waals surface area contributed by atoms with Crippen molar-refractivity contribution in [2.24, 2.45) is 0 Å². The van der Waals surface area contributed by atoms with Crippen LogP contribution in [-0.2, 0) is 27.4 Å². The minimum atomic E-state index is -2.69. The molecule has 1 unspecified atom stereocenters. The second kappa shape index (κ2) is 8.33. The molecule has 158 valence electrons. The number of phenols is 1. The molecule has 0 fully saturated rings. The fourth-order valence-corrected chi connectivity index (χ4v) is 5.22. The second-order valence-electron chi connectivity index (χ2n) is 9.21. The topological polar surface area (TPSA) is 58.6 Å². The van der Waals surface area contributed by atoms with Crippen molar-refractivity contribution in [2.75, 3.05) is 5.32 Å². The summed E-state index contributed by atoms with van der Waals surface area (Å²) in [7, 11) is 0. The standard InChI is InChI=1S/C22H30NO3PS2/c1-14(24)23-15-8-10-16(11-9-15)26-27(28,29)17-12-18(21(2,3)4)20(25)19(13-17)22(5,6)7/h8-13,25H,1-7H3,(H,23,24)(H,28,29). The van der Waals surface area contributed by atoms with Gasteiger partial charge in [0.05, 0.1) is 0 Å². The van der Waals surface area contributed by atoms with Gasteiger partial charge in [0.1, 0.15) is 11.5 Å². The quantitative estimate of drug-likeness (QED) is 0.401. The average Bonchev–Trinajstić information content (AvgIpc) is 2.53. The van der Waals surface area contributed by atoms with E-state index in [2.05, 4.69) is 46.9 Å². The smallest absolute Gasteiger partial charge is 0.221 e. The van der Waals surface area contributed by atoms with Crippen LogP contribution in [0.3, 0.4) is 0 Å². The molecule has 0 aliphatic rings. The Morgan fingerprint density at radius 3 is 1.86 bits per heavy atom. The number of hydrogen-bond donors (Lipinski definition) is 3. The first-order valence-corrected chi connectivity index (χ1v) is 13.3. The molecule has 0 spiro atoms. The number of amides is 1. The van der Waals surface area contributed by atoms with Crippen LogP contribution in [0.2, 0.25) is 0 Å². The molecule has 7 heteroatoms. The highest BCUT2D eigenvalue weighted by molar-refractivity contribution is 8.64. The lowest BCUT2D eigenvalue weighted by Crippen LogP contribution is -2.21. The van der Waals surface area contributed by atoms with Crippen LogP contribution in [0.15, 0.2) is 36.4 Å². The summed E-state index contributed by atoms with van der Waals surface area (Å²) in [5.41, 5.74) is -0.874. The summed E-state index contributed by atoms with van der Waals surface area (Å²) in [4.78, 5) is 11.2. The first-order chi connectivity index (χ1) is 13.1. The molecule has 2 aromatic rings. The Kier molecular flexibility index (Phi) is 6.83. The van der Waals surface area contributed by atoms with Gasteiger partial charge in [0, 0.05) is 29.0 Å². The predicted molar refractivity (Wildman–Crippen MR) is 130 cm³/mol. The van der Waals surface area contributed by atoms with E-state index in [1.54, 1.807) is 24.3 Å². The Hall–Kier alpha value is -1.49. The van der Waals surface area contributed by atoms with E-state index < -0.39 is 5.47 Å². The average molecular weight is 452 g/mol. The lowest BCUT2D eigenvalue weighted by molar-refractivity contribution is -0.114. The predicted octanol–water partition coefficient (Wildman–Crippen LogP) is 5.89. The third-order valence-electron chi connectivity index (χ3n) is 4.44. The molecule has 0 saturated carbocycles. The van der Waals surface area contributed by atoms with Crippen LogP contribution in [0.4, 0.5) is 5.69 Å². The van der Waals surface area contributed by atoms with Crippen molar-refractivity contribution in [3.05, 3.63) is 47.5 Å². The van der Waals surface area contributed by atoms with Gasteiger partial charge in [-0.2, -0.15) is 0 Å². The first-order valence-electron chi connectivity index (χ1n) is 9.40. The van der Waals surface area contributed by atoms with Crippen molar-refractivity contribution in [2.45, 2.75) is 59.3 Å². The van der Waals surface area contributed by atoms with Gasteiger partial charge < -0.3 is 14.9 Å². The van der Waals surface area contributed by atoms with E-state index in [1.807, 2.05) is 12.1 Å². The van der Waals surface area contributed by atoms with Crippen LogP contribution >= 0.6 is 17.7 Å². The third-order valence-corrected chi connectivity index (χ3v) is 7.60. The molecule has 0 aliphatic heterocycles. The number of benzene rings is 2. The molecule has 0 saturated heterocycles. The molecule has 2 N–H and O–H groups in total. The zero-order valence-corrected chi connectivity index (χ0v) is 20.6. The molecule has 2 aromatic carbocycles. The molecule has 0 aromatic heterocycles. The number of thiol groups is 1. The van der Waals surface area contributed by atoms with Gasteiger partial charge in [-0.1, -0.05) is 53.8 Å². The van der Waals surface area contributed by atoms with Gasteiger partial charge in [-0.25, -0.2) is 0 Å². The van der Waals surface area contributed by atoms with Crippen LogP contribution < -0.4 is 15.1 Å². The van der Waals surface area contributed by atoms with Gasteiger partial charge in [-0.15, -0.1) is 0 Å². The maximum atomic E-state index is 11.2. The van der Waals surface area contributed by atoms with Crippen molar-refractivity contribution in [1.82, 2.24) is 0 Å². The first kappa shape index (κ1) is 23.8. The number of carbonyl (C=O) groups is 1. The van der Waals surface area contributed by atoms with Crippen LogP contribution in [-0.4, -0.2) is 11.0 Å². The van der Waals surface area contributed by atoms with E-state index in [-0.39, 0.29) is 16.7 Å². The summed E-state index contributed by atoms with van der Waals surface area (Å²) < 4.78 is 6.12. The van der Waals surface area contributed by atoms with Crippen LogP contribution in [0.5, 0.6) is 11.5 Å². The largest absolute Gasteiger partial charge is 0.507 e. The molecule has 29 heavy (non-hydrogen) atoms. The number of carbonyl (C=O) groups excluding carboxylic acids is 1. The number of hydrogen-bond acceptors (Lipinski definition) is 4. The lowest BCUT2D eigenvalue weighted by atomic mass is 9.79. The van der Waals surface area contributed by atoms with Crippen molar-refractivity contribution in [3.8, 4) is 11.5 Å². The Bertz CT molecular complexity index is 922. The van der Waals surface area contributed by atoms with Gasteiger partial charge >= 0.3 is 0 Å². The molecule has 2 rings (SSSR count). The second-order valence-corrected chi connectivity index (χ2v) is 15.0. The molecule has 0 heterocycles. The van der Waals surface area contributed by atoms with E-state index in [4.69, 9.17) is 28.6 Å². The Morgan fingerprint density at radius 1 is 1.03 bits per heavy atom. The zero-order chi connectivity index (χ0) is 22.2. The fourth-order valence-electron chi connectivity index (χ4n) is 2.92. The Balaban J connectivity index is 2.48. The minimum absolute atomic E-state index is 0.133. The number of aromatic hydroxyl groups is 1. The monoisotopic (exact) mass is 451 g/mol. The summed E-state index contributed by atoms with van der Waals surface area (Å²) in [5.74, 6) is 0.753. The van der Waals surface area contributed by atoms with Gasteiger partial charge in [0.2, 0.25) is 5.91 Å². The third kappa shape index (κ3) is 6.00. The van der Waals surface area contributed by atoms with Gasteiger partial charge in [-0.05, 0) is 59.0 Å². The highest BCUT2D eigenvalue weighted by Gasteiger charge is 2.30. The lowest BCUT2D eigenvalue weighted by Gasteiger charge is -2.30. The van der Waals surface area contributed by atoms with Crippen LogP contribution in [0.1, 0.15) is 59.6 Å². The Morgan fingerprint density at radius 2 is 1.48 bits per heavy atom. The number of phenolic OH excluding ortho intramolecular Hbond substituents is 1. The summed E-state index contributed by atoms with van der Waals surface area (Å²) in [6, 6.07) is 10.9. The summed E-state index contributed by atoms with van der Waals surface area (Å²) in [6.07, 6.45) is 0. The molecule has 4 nitrogen and oxygen atoms in total. The van der Waals surface area contributed by atoms with Crippen molar-refractivity contribution >= 4 is 46.4 Å². The summed E-state index contributed by atoms with van der Waals surface area (Å²) in [5, 5.41) is 14.4. The maximum absolute atomic E-state index is 11.2. The fraction of sp³-hybridized carbons (Fsp3) is 0.409. The summed E-state index contributed by atoms with van der Waals surface area (Å²) in [6.45, 7) is 13.8. The van der Waals surface area contributed by atoms with Crippen molar-refractivity contribution in [3.63, 3.8) is 0 Å². The molecule has 1 atom stereocenters. The van der Waals surface area contributed by atoms with E-state index in [0.717, 1.165) is 16.4 Å². The SMILES string of the molecule is CC(=O)Nc1ccc(OP(=S)(S)c2cc(C(C)(C)C)c(O)c(C(C)(C)C)c2)cc1. The van der Waals surface area contributed by atoms with Crippen molar-refractivity contribution < 1.29 is 14.4 Å². The number of rotatable bonds is 4. The molecule has 0 aliphatic carbocycles. The highest BCUT2D eigenvalue weighted by Crippen LogP contribution is 2.53. The van der Waals surface area contributed by atoms with Crippen LogP contribution in [0.25, 0.3) is 0 Å². The number of nitrogens with one attached hydrogen (secondary N) is 1. The zero-order valence-electron chi connectivity index (χ0n) is 18.0. The normalized spacial score (nSPS) is 14.2. The van der Waals surface area contributed by atoms with E-state index in [1.165, 1.54) is 6.92 Å². The Labute approximate surface area is 184 Å². The summed E-state index contributed by atoms with van der Waals surface area (Å²) >= 11 is 10.5. The number of anilines is 1. The molecular weight excluding hydrogens is 421 g/mol. The molecule has 0 bridgehead atoms. The van der Waals surface area contributed by atoms with Gasteiger partial charge in [0.15, 0.2) is 5.47 Å². The van der Waals surface area contributed by atoms with E-state index in [0.29, 0.717) is 17.2 Å². The molecular formula is C22H30NO3PS2. The maximum Gasteiger partial charge on any atom is 0.221 e. The van der Waals surface area contributed by atoms with Crippen LogP contribution in [0, 0.1) is 0 Å². The highest BCUT2D eigenvalue weighted by atomic mass is 32.9. The molecule has 1 amide bonds. The minimum Gasteiger partial charge on any atom is -0.507 e. The van der Waals surface area contributed by atoms with Gasteiger partial charge in [0.25, 0.3) is 0 Å². The van der Waals surface area contributed by atoms with E-state index in [9.17, 15) is 9.90 Å².